The molecule has 1 aromatic carbocycles. The first-order valence-corrected chi connectivity index (χ1v) is 8.41. The fraction of sp³-hybridized carbons (Fsp3) is 0.353. The molecule has 2 amide bonds. The molecule has 1 fully saturated rings. The van der Waals surface area contributed by atoms with E-state index >= 15 is 0 Å². The first-order valence-electron chi connectivity index (χ1n) is 8.03. The van der Waals surface area contributed by atoms with Gasteiger partial charge in [0.05, 0.1) is 0 Å². The van der Waals surface area contributed by atoms with E-state index in [4.69, 9.17) is 11.6 Å². The molecule has 0 unspecified atom stereocenters. The molecule has 1 saturated heterocycles. The number of hydrogen-bond donors (Lipinski definition) is 2. The van der Waals surface area contributed by atoms with E-state index in [1.807, 2.05) is 6.92 Å². The highest BCUT2D eigenvalue weighted by atomic mass is 35.5. The number of anilines is 3. The number of nitrogens with zero attached hydrogens (tertiary/aromatic N) is 3. The van der Waals surface area contributed by atoms with Crippen molar-refractivity contribution in [3.05, 3.63) is 41.2 Å². The first-order chi connectivity index (χ1) is 11.6. The molecule has 0 bridgehead atoms. The Labute approximate surface area is 146 Å². The Morgan fingerprint density at radius 1 is 1.17 bits per heavy atom. The van der Waals surface area contributed by atoms with Crippen molar-refractivity contribution in [3.8, 4) is 0 Å². The number of amides is 2. The predicted molar refractivity (Wildman–Crippen MR) is 96.9 cm³/mol. The molecular weight excluding hydrogens is 326 g/mol. The van der Waals surface area contributed by atoms with Crippen molar-refractivity contribution in [2.45, 2.75) is 26.2 Å². The van der Waals surface area contributed by atoms with Crippen molar-refractivity contribution in [2.75, 3.05) is 28.6 Å². The van der Waals surface area contributed by atoms with E-state index in [0.717, 1.165) is 24.5 Å². The minimum Gasteiger partial charge on any atom is -0.356 e. The molecular formula is C17H20ClN5O. The van der Waals surface area contributed by atoms with E-state index in [9.17, 15) is 4.79 Å². The number of aromatic nitrogens is 2. The van der Waals surface area contributed by atoms with Crippen LogP contribution in [0.1, 0.15) is 24.8 Å². The van der Waals surface area contributed by atoms with Crippen LogP contribution in [0.4, 0.5) is 22.1 Å². The standard InChI is InChI=1S/C17H20ClN5O/c1-12-13(18)6-5-7-14(12)21-17(24)22-15-10-16(20-11-19-15)23-8-3-2-4-9-23/h5-7,10-11H,2-4,8-9H2,1H3,(H2,19,20,21,22,24). The Kier molecular flexibility index (Phi) is 5.15. The van der Waals surface area contributed by atoms with Crippen LogP contribution in [-0.4, -0.2) is 29.1 Å². The van der Waals surface area contributed by atoms with Crippen molar-refractivity contribution in [1.29, 1.82) is 0 Å². The number of nitrogens with one attached hydrogen (secondary N) is 2. The third-order valence-electron chi connectivity index (χ3n) is 4.09. The average Bonchev–Trinajstić information content (AvgIpc) is 2.60. The predicted octanol–water partition coefficient (Wildman–Crippen LogP) is 4.07. The summed E-state index contributed by atoms with van der Waals surface area (Å²) in [6.45, 7) is 3.84. The van der Waals surface area contributed by atoms with Gasteiger partial charge in [0.1, 0.15) is 18.0 Å². The van der Waals surface area contributed by atoms with Gasteiger partial charge in [0.15, 0.2) is 0 Å². The van der Waals surface area contributed by atoms with E-state index in [1.165, 1.54) is 25.6 Å². The third kappa shape index (κ3) is 3.94. The third-order valence-corrected chi connectivity index (χ3v) is 4.50. The number of carbonyl (C=O) groups is 1. The van der Waals surface area contributed by atoms with Crippen molar-refractivity contribution < 1.29 is 4.79 Å². The van der Waals surface area contributed by atoms with Gasteiger partial charge in [-0.3, -0.25) is 5.32 Å². The van der Waals surface area contributed by atoms with Crippen molar-refractivity contribution in [2.24, 2.45) is 0 Å². The largest absolute Gasteiger partial charge is 0.356 e. The van der Waals surface area contributed by atoms with Crippen molar-refractivity contribution >= 4 is 35.0 Å². The Morgan fingerprint density at radius 3 is 2.75 bits per heavy atom. The van der Waals surface area contributed by atoms with Gasteiger partial charge in [-0.15, -0.1) is 0 Å². The summed E-state index contributed by atoms with van der Waals surface area (Å²) < 4.78 is 0. The SMILES string of the molecule is Cc1c(Cl)cccc1NC(=O)Nc1cc(N2CCCCC2)ncn1. The molecule has 0 radical (unpaired) electrons. The highest BCUT2D eigenvalue weighted by Gasteiger charge is 2.14. The minimum atomic E-state index is -0.358. The van der Waals surface area contributed by atoms with Crippen LogP contribution in [0.3, 0.4) is 0 Å². The molecule has 2 N–H and O–H groups in total. The second kappa shape index (κ2) is 7.49. The zero-order chi connectivity index (χ0) is 16.9. The molecule has 0 atom stereocenters. The summed E-state index contributed by atoms with van der Waals surface area (Å²) in [7, 11) is 0. The molecule has 0 saturated carbocycles. The normalized spacial score (nSPS) is 14.3. The van der Waals surface area contributed by atoms with Crippen molar-refractivity contribution in [3.63, 3.8) is 0 Å². The highest BCUT2D eigenvalue weighted by molar-refractivity contribution is 6.31. The lowest BCUT2D eigenvalue weighted by Gasteiger charge is -2.27. The summed E-state index contributed by atoms with van der Waals surface area (Å²) in [6, 6.07) is 6.83. The quantitative estimate of drug-likeness (QED) is 0.879. The summed E-state index contributed by atoms with van der Waals surface area (Å²) in [4.78, 5) is 22.8. The summed E-state index contributed by atoms with van der Waals surface area (Å²) in [5, 5.41) is 6.15. The maximum Gasteiger partial charge on any atom is 0.324 e. The maximum absolute atomic E-state index is 12.2. The Balaban J connectivity index is 1.67. The molecule has 1 aromatic heterocycles. The topological polar surface area (TPSA) is 70.2 Å². The van der Waals surface area contributed by atoms with Gasteiger partial charge >= 0.3 is 6.03 Å². The van der Waals surface area contributed by atoms with Crippen LogP contribution in [0.2, 0.25) is 5.02 Å². The number of benzene rings is 1. The molecule has 0 aliphatic carbocycles. The first kappa shape index (κ1) is 16.5. The Bertz CT molecular complexity index is 731. The van der Waals surface area contributed by atoms with Crippen molar-refractivity contribution in [1.82, 2.24) is 9.97 Å². The van der Waals surface area contributed by atoms with E-state index < -0.39 is 0 Å². The van der Waals surface area contributed by atoms with Crippen LogP contribution in [-0.2, 0) is 0 Å². The van der Waals surface area contributed by atoms with E-state index in [-0.39, 0.29) is 6.03 Å². The maximum atomic E-state index is 12.2. The van der Waals surface area contributed by atoms with Gasteiger partial charge in [-0.1, -0.05) is 17.7 Å². The lowest BCUT2D eigenvalue weighted by molar-refractivity contribution is 0.262. The van der Waals surface area contributed by atoms with E-state index in [1.54, 1.807) is 24.3 Å². The molecule has 3 rings (SSSR count). The number of rotatable bonds is 3. The van der Waals surface area contributed by atoms with E-state index in [0.29, 0.717) is 16.5 Å². The molecule has 2 aromatic rings. The zero-order valence-corrected chi connectivity index (χ0v) is 14.3. The second-order valence-electron chi connectivity index (χ2n) is 5.80. The van der Waals surface area contributed by atoms with Gasteiger partial charge < -0.3 is 10.2 Å². The molecule has 126 valence electrons. The van der Waals surface area contributed by atoms with Crippen LogP contribution in [0.15, 0.2) is 30.6 Å². The van der Waals surface area contributed by atoms with Gasteiger partial charge in [-0.05, 0) is 43.9 Å². The average molecular weight is 346 g/mol. The monoisotopic (exact) mass is 345 g/mol. The molecule has 2 heterocycles. The summed E-state index contributed by atoms with van der Waals surface area (Å²) in [5.41, 5.74) is 1.50. The van der Waals surface area contributed by atoms with Crippen LogP contribution < -0.4 is 15.5 Å². The lowest BCUT2D eigenvalue weighted by Crippen LogP contribution is -2.30. The highest BCUT2D eigenvalue weighted by Crippen LogP contribution is 2.23. The number of urea groups is 1. The number of piperidine rings is 1. The number of carbonyl (C=O) groups excluding carboxylic acids is 1. The lowest BCUT2D eigenvalue weighted by atomic mass is 10.1. The second-order valence-corrected chi connectivity index (χ2v) is 6.21. The molecule has 7 heteroatoms. The summed E-state index contributed by atoms with van der Waals surface area (Å²) in [5.74, 6) is 1.32. The number of halogens is 1. The van der Waals surface area contributed by atoms with Gasteiger partial charge in [0.25, 0.3) is 0 Å². The van der Waals surface area contributed by atoms with Crippen LogP contribution in [0.25, 0.3) is 0 Å². The molecule has 1 aliphatic heterocycles. The Morgan fingerprint density at radius 2 is 1.96 bits per heavy atom. The fourth-order valence-corrected chi connectivity index (χ4v) is 2.90. The smallest absolute Gasteiger partial charge is 0.324 e. The molecule has 6 nitrogen and oxygen atoms in total. The summed E-state index contributed by atoms with van der Waals surface area (Å²) in [6.07, 6.45) is 5.07. The molecule has 24 heavy (non-hydrogen) atoms. The number of hydrogen-bond acceptors (Lipinski definition) is 4. The van der Waals surface area contributed by atoms with Crippen LogP contribution in [0, 0.1) is 6.92 Å². The Hall–Kier alpha value is -2.34. The van der Waals surface area contributed by atoms with Gasteiger partial charge in [-0.2, -0.15) is 0 Å². The fourth-order valence-electron chi connectivity index (χ4n) is 2.72. The molecule has 0 spiro atoms. The molecule has 1 aliphatic rings. The van der Waals surface area contributed by atoms with Gasteiger partial charge in [-0.25, -0.2) is 14.8 Å². The summed E-state index contributed by atoms with van der Waals surface area (Å²) >= 11 is 6.07. The minimum absolute atomic E-state index is 0.358. The van der Waals surface area contributed by atoms with Gasteiger partial charge in [0, 0.05) is 29.9 Å². The van der Waals surface area contributed by atoms with E-state index in [2.05, 4.69) is 25.5 Å². The zero-order valence-electron chi connectivity index (χ0n) is 13.6. The van der Waals surface area contributed by atoms with Crippen LogP contribution >= 0.6 is 11.6 Å². The van der Waals surface area contributed by atoms with Crippen LogP contribution in [0.5, 0.6) is 0 Å². The van der Waals surface area contributed by atoms with Gasteiger partial charge in [0.2, 0.25) is 0 Å².